The van der Waals surface area contributed by atoms with Crippen LogP contribution in [0.4, 0.5) is 5.69 Å². The lowest BCUT2D eigenvalue weighted by Gasteiger charge is -2.17. The molecule has 2 rings (SSSR count). The highest BCUT2D eigenvalue weighted by atomic mass is 35.5. The van der Waals surface area contributed by atoms with Gasteiger partial charge in [0.1, 0.15) is 5.92 Å². The highest BCUT2D eigenvalue weighted by molar-refractivity contribution is 6.31. The average molecular weight is 281 g/mol. The number of anilines is 1. The van der Waals surface area contributed by atoms with Crippen molar-refractivity contribution in [2.45, 2.75) is 20.3 Å². The van der Waals surface area contributed by atoms with Crippen LogP contribution in [0.25, 0.3) is 0 Å². The molecule has 0 aliphatic carbocycles. The molecule has 2 amide bonds. The fraction of sp³-hybridized carbons (Fsp3) is 0.429. The first-order chi connectivity index (χ1) is 9.04. The fourth-order valence-electron chi connectivity index (χ4n) is 2.23. The van der Waals surface area contributed by atoms with Gasteiger partial charge in [-0.25, -0.2) is 0 Å². The number of carbonyl (C=O) groups is 2. The molecule has 5 heteroatoms. The molecule has 0 saturated carbocycles. The first-order valence-corrected chi connectivity index (χ1v) is 6.77. The van der Waals surface area contributed by atoms with E-state index in [-0.39, 0.29) is 11.8 Å². The van der Waals surface area contributed by atoms with Gasteiger partial charge in [-0.2, -0.15) is 0 Å². The van der Waals surface area contributed by atoms with Gasteiger partial charge in [0, 0.05) is 23.8 Å². The molecule has 1 fully saturated rings. The number of carbonyl (C=O) groups excluding carboxylic acids is 2. The molecule has 0 spiro atoms. The first kappa shape index (κ1) is 13.9. The highest BCUT2D eigenvalue weighted by Gasteiger charge is 2.37. The van der Waals surface area contributed by atoms with E-state index in [0.29, 0.717) is 24.5 Å². The molecular weight excluding hydrogens is 264 g/mol. The van der Waals surface area contributed by atoms with Gasteiger partial charge in [-0.1, -0.05) is 17.7 Å². The van der Waals surface area contributed by atoms with Gasteiger partial charge in [-0.15, -0.1) is 0 Å². The van der Waals surface area contributed by atoms with Gasteiger partial charge in [-0.05, 0) is 38.0 Å². The van der Waals surface area contributed by atoms with Crippen LogP contribution in [0.1, 0.15) is 18.9 Å². The highest BCUT2D eigenvalue weighted by Crippen LogP contribution is 2.28. The van der Waals surface area contributed by atoms with Crippen LogP contribution in [0.15, 0.2) is 18.2 Å². The third kappa shape index (κ3) is 2.73. The number of hydrogen-bond donors (Lipinski definition) is 1. The molecule has 1 saturated heterocycles. The molecule has 1 aliphatic heterocycles. The van der Waals surface area contributed by atoms with Crippen molar-refractivity contribution in [3.63, 3.8) is 0 Å². The lowest BCUT2D eigenvalue weighted by molar-refractivity contribution is -0.132. The number of nitrogens with one attached hydrogen (secondary N) is 1. The molecule has 0 bridgehead atoms. The van der Waals surface area contributed by atoms with Crippen molar-refractivity contribution in [3.05, 3.63) is 28.8 Å². The van der Waals surface area contributed by atoms with E-state index >= 15 is 0 Å². The summed E-state index contributed by atoms with van der Waals surface area (Å²) in [5, 5.41) is 3.33. The summed E-state index contributed by atoms with van der Waals surface area (Å²) in [6.07, 6.45) is 0.552. The molecule has 0 aromatic heterocycles. The molecule has 1 heterocycles. The standard InChI is InChI=1S/C14H17ClN2O2/c1-3-16-13(18)11-6-7-17(14(11)19)10-5-4-9(2)12(15)8-10/h4-5,8,11H,3,6-7H2,1-2H3,(H,16,18). The smallest absolute Gasteiger partial charge is 0.239 e. The minimum atomic E-state index is -0.569. The van der Waals surface area contributed by atoms with E-state index < -0.39 is 5.92 Å². The third-order valence-electron chi connectivity index (χ3n) is 3.34. The Kier molecular flexibility index (Phi) is 4.10. The lowest BCUT2D eigenvalue weighted by atomic mass is 10.1. The summed E-state index contributed by atoms with van der Waals surface area (Å²) < 4.78 is 0. The maximum Gasteiger partial charge on any atom is 0.239 e. The number of amides is 2. The maximum atomic E-state index is 12.2. The van der Waals surface area contributed by atoms with Crippen molar-refractivity contribution >= 4 is 29.1 Å². The number of nitrogens with zero attached hydrogens (tertiary/aromatic N) is 1. The monoisotopic (exact) mass is 280 g/mol. The Labute approximate surface area is 117 Å². The molecule has 0 radical (unpaired) electrons. The van der Waals surface area contributed by atoms with Crippen molar-refractivity contribution in [1.29, 1.82) is 0 Å². The fourth-order valence-corrected chi connectivity index (χ4v) is 2.40. The molecule has 1 aromatic rings. The van der Waals surface area contributed by atoms with Crippen LogP contribution in [-0.2, 0) is 9.59 Å². The topological polar surface area (TPSA) is 49.4 Å². The van der Waals surface area contributed by atoms with E-state index in [1.165, 1.54) is 0 Å². The second-order valence-electron chi connectivity index (χ2n) is 4.66. The summed E-state index contributed by atoms with van der Waals surface area (Å²) in [6, 6.07) is 5.51. The van der Waals surface area contributed by atoms with Gasteiger partial charge < -0.3 is 10.2 Å². The molecular formula is C14H17ClN2O2. The summed E-state index contributed by atoms with van der Waals surface area (Å²) in [7, 11) is 0. The van der Waals surface area contributed by atoms with Gasteiger partial charge in [0.25, 0.3) is 0 Å². The number of rotatable bonds is 3. The second-order valence-corrected chi connectivity index (χ2v) is 5.07. The van der Waals surface area contributed by atoms with E-state index in [1.54, 1.807) is 11.0 Å². The molecule has 19 heavy (non-hydrogen) atoms. The Morgan fingerprint density at radius 3 is 2.89 bits per heavy atom. The molecule has 1 aliphatic rings. The Bertz CT molecular complexity index is 516. The molecule has 102 valence electrons. The minimum Gasteiger partial charge on any atom is -0.356 e. The van der Waals surface area contributed by atoms with Crippen molar-refractivity contribution in [2.24, 2.45) is 5.92 Å². The molecule has 4 nitrogen and oxygen atoms in total. The minimum absolute atomic E-state index is 0.147. The van der Waals surface area contributed by atoms with Crippen LogP contribution in [-0.4, -0.2) is 24.9 Å². The molecule has 1 N–H and O–H groups in total. The lowest BCUT2D eigenvalue weighted by Crippen LogP contribution is -2.36. The van der Waals surface area contributed by atoms with Crippen LogP contribution >= 0.6 is 11.6 Å². The summed E-state index contributed by atoms with van der Waals surface area (Å²) in [4.78, 5) is 25.6. The van der Waals surface area contributed by atoms with Crippen molar-refractivity contribution in [1.82, 2.24) is 5.32 Å². The predicted molar refractivity (Wildman–Crippen MR) is 75.3 cm³/mol. The number of halogens is 1. The van der Waals surface area contributed by atoms with E-state index in [2.05, 4.69) is 5.32 Å². The average Bonchev–Trinajstić information content (AvgIpc) is 2.75. The van der Waals surface area contributed by atoms with Crippen LogP contribution in [0.2, 0.25) is 5.02 Å². The Balaban J connectivity index is 2.17. The van der Waals surface area contributed by atoms with E-state index in [1.807, 2.05) is 26.0 Å². The number of hydrogen-bond acceptors (Lipinski definition) is 2. The Hall–Kier alpha value is -1.55. The molecule has 1 unspecified atom stereocenters. The largest absolute Gasteiger partial charge is 0.356 e. The van der Waals surface area contributed by atoms with Crippen LogP contribution in [0.3, 0.4) is 0 Å². The van der Waals surface area contributed by atoms with Crippen molar-refractivity contribution in [3.8, 4) is 0 Å². The van der Waals surface area contributed by atoms with Gasteiger partial charge in [0.15, 0.2) is 0 Å². The van der Waals surface area contributed by atoms with Gasteiger partial charge in [0.2, 0.25) is 11.8 Å². The Morgan fingerprint density at radius 1 is 1.53 bits per heavy atom. The van der Waals surface area contributed by atoms with Crippen LogP contribution < -0.4 is 10.2 Å². The second kappa shape index (κ2) is 5.61. The predicted octanol–water partition coefficient (Wildman–Crippen LogP) is 2.14. The van der Waals surface area contributed by atoms with E-state index in [4.69, 9.17) is 11.6 Å². The number of benzene rings is 1. The quantitative estimate of drug-likeness (QED) is 0.863. The summed E-state index contributed by atoms with van der Waals surface area (Å²) >= 11 is 6.07. The van der Waals surface area contributed by atoms with Crippen molar-refractivity contribution < 1.29 is 9.59 Å². The van der Waals surface area contributed by atoms with Crippen molar-refractivity contribution in [2.75, 3.05) is 18.0 Å². The summed E-state index contributed by atoms with van der Waals surface area (Å²) in [6.45, 7) is 4.85. The van der Waals surface area contributed by atoms with E-state index in [9.17, 15) is 9.59 Å². The zero-order chi connectivity index (χ0) is 14.0. The number of aryl methyl sites for hydroxylation is 1. The third-order valence-corrected chi connectivity index (χ3v) is 3.75. The van der Waals surface area contributed by atoms with E-state index in [0.717, 1.165) is 11.3 Å². The van der Waals surface area contributed by atoms with Gasteiger partial charge in [-0.3, -0.25) is 9.59 Å². The van der Waals surface area contributed by atoms with Gasteiger partial charge in [0.05, 0.1) is 0 Å². The summed E-state index contributed by atoms with van der Waals surface area (Å²) in [5.41, 5.74) is 1.73. The zero-order valence-corrected chi connectivity index (χ0v) is 11.8. The summed E-state index contributed by atoms with van der Waals surface area (Å²) in [5.74, 6) is -0.904. The molecule has 1 aromatic carbocycles. The molecule has 1 atom stereocenters. The van der Waals surface area contributed by atoms with Gasteiger partial charge >= 0.3 is 0 Å². The first-order valence-electron chi connectivity index (χ1n) is 6.39. The normalized spacial score (nSPS) is 18.8. The Morgan fingerprint density at radius 2 is 2.26 bits per heavy atom. The zero-order valence-electron chi connectivity index (χ0n) is 11.1. The van der Waals surface area contributed by atoms with Crippen LogP contribution in [0, 0.1) is 12.8 Å². The SMILES string of the molecule is CCNC(=O)C1CCN(c2ccc(C)c(Cl)c2)C1=O. The van der Waals surface area contributed by atoms with Crippen LogP contribution in [0.5, 0.6) is 0 Å². The maximum absolute atomic E-state index is 12.2.